The van der Waals surface area contributed by atoms with Gasteiger partial charge in [0.05, 0.1) is 17.2 Å². The molecule has 1 aliphatic heterocycles. The van der Waals surface area contributed by atoms with Crippen LogP contribution in [0.15, 0.2) is 134 Å². The molecule has 0 N–H and O–H groups in total. The van der Waals surface area contributed by atoms with Gasteiger partial charge in [0, 0.05) is 56.2 Å². The molecule has 5 nitrogen and oxygen atoms in total. The number of hydrogen-bond acceptors (Lipinski definition) is 3. The van der Waals surface area contributed by atoms with E-state index in [-0.39, 0.29) is 5.41 Å². The van der Waals surface area contributed by atoms with Crippen LogP contribution in [0.3, 0.4) is 0 Å². The maximum absolute atomic E-state index is 16.7. The van der Waals surface area contributed by atoms with Crippen LogP contribution in [0.4, 0.5) is 4.39 Å². The lowest BCUT2D eigenvalue weighted by Gasteiger charge is -2.34. The van der Waals surface area contributed by atoms with Crippen LogP contribution < -0.4 is 4.74 Å². The Kier molecular flexibility index (Phi) is 5.51. The first-order valence-electron chi connectivity index (χ1n) is 16.2. The van der Waals surface area contributed by atoms with Gasteiger partial charge in [-0.1, -0.05) is 92.7 Å². The zero-order valence-corrected chi connectivity index (χ0v) is 26.4. The van der Waals surface area contributed by atoms with E-state index in [0.29, 0.717) is 11.1 Å². The molecule has 6 heteroatoms. The van der Waals surface area contributed by atoms with Gasteiger partial charge in [0.1, 0.15) is 17.0 Å². The predicted octanol–water partition coefficient (Wildman–Crippen LogP) is 10.6. The Morgan fingerprint density at radius 1 is 0.667 bits per heavy atom. The number of benzene rings is 5. The minimum absolute atomic E-state index is 0.326. The van der Waals surface area contributed by atoms with Gasteiger partial charge in [-0.25, -0.2) is 14.4 Å². The quantitative estimate of drug-likeness (QED) is 0.184. The van der Waals surface area contributed by atoms with Crippen molar-refractivity contribution in [3.05, 3.63) is 156 Å². The molecule has 0 saturated carbocycles. The van der Waals surface area contributed by atoms with Gasteiger partial charge in [0.15, 0.2) is 11.9 Å². The van der Waals surface area contributed by atoms with E-state index >= 15 is 4.39 Å². The summed E-state index contributed by atoms with van der Waals surface area (Å²) >= 11 is 0. The molecule has 5 aromatic carbocycles. The monoisotopic (exact) mass is 624 g/mol. The van der Waals surface area contributed by atoms with Gasteiger partial charge in [0.2, 0.25) is 0 Å². The fourth-order valence-corrected chi connectivity index (χ4v) is 7.95. The fraction of sp³-hybridized carbons (Fsp3) is 0.0952. The van der Waals surface area contributed by atoms with Crippen molar-refractivity contribution in [2.24, 2.45) is 0 Å². The molecular weight excluding hydrogens is 595 g/mol. The van der Waals surface area contributed by atoms with E-state index in [2.05, 4.69) is 70.3 Å². The minimum atomic E-state index is -1.34. The summed E-state index contributed by atoms with van der Waals surface area (Å²) in [5.41, 5.74) is 7.66. The van der Waals surface area contributed by atoms with E-state index < -0.39 is 6.17 Å². The fourth-order valence-electron chi connectivity index (χ4n) is 7.95. The molecule has 10 rings (SSSR count). The summed E-state index contributed by atoms with van der Waals surface area (Å²) in [5.74, 6) is 1.62. The average molecular weight is 625 g/mol. The Bertz CT molecular complexity index is 2770. The topological polar surface area (TPSA) is 44.4 Å². The third-order valence-electron chi connectivity index (χ3n) is 10.1. The van der Waals surface area contributed by atoms with Crippen molar-refractivity contribution < 1.29 is 9.13 Å². The molecule has 0 amide bonds. The molecule has 0 fully saturated rings. The van der Waals surface area contributed by atoms with Gasteiger partial charge in [-0.2, -0.15) is 0 Å². The summed E-state index contributed by atoms with van der Waals surface area (Å²) < 4.78 is 27.3. The molecule has 1 atom stereocenters. The van der Waals surface area contributed by atoms with Gasteiger partial charge in [-0.15, -0.1) is 0 Å². The van der Waals surface area contributed by atoms with E-state index in [4.69, 9.17) is 9.72 Å². The van der Waals surface area contributed by atoms with E-state index in [1.54, 1.807) is 6.20 Å². The number of nitrogens with zero attached hydrogens (tertiary/aromatic N) is 4. The first-order chi connectivity index (χ1) is 23.5. The van der Waals surface area contributed by atoms with Crippen LogP contribution in [0.1, 0.15) is 42.3 Å². The van der Waals surface area contributed by atoms with Crippen LogP contribution in [0.25, 0.3) is 54.9 Å². The third-order valence-corrected chi connectivity index (χ3v) is 10.1. The number of para-hydroxylation sites is 3. The Hall–Kier alpha value is -6.01. The van der Waals surface area contributed by atoms with Crippen LogP contribution in [0.2, 0.25) is 0 Å². The summed E-state index contributed by atoms with van der Waals surface area (Å²) in [6, 6.07) is 38.5. The van der Waals surface area contributed by atoms with Crippen LogP contribution in [0.5, 0.6) is 11.5 Å². The zero-order chi connectivity index (χ0) is 32.1. The lowest BCUT2D eigenvalue weighted by atomic mass is 9.74. The maximum Gasteiger partial charge on any atom is 0.150 e. The molecule has 0 spiro atoms. The van der Waals surface area contributed by atoms with Crippen LogP contribution in [0, 0.1) is 0 Å². The second-order valence-electron chi connectivity index (χ2n) is 13.2. The molecular formula is C42H29FN4O. The highest BCUT2D eigenvalue weighted by atomic mass is 19.1. The Labute approximate surface area is 275 Å². The van der Waals surface area contributed by atoms with Crippen molar-refractivity contribution >= 4 is 49.3 Å². The largest absolute Gasteiger partial charge is 0.455 e. The second-order valence-corrected chi connectivity index (χ2v) is 13.2. The van der Waals surface area contributed by atoms with E-state index in [1.165, 1.54) is 0 Å². The van der Waals surface area contributed by atoms with Crippen molar-refractivity contribution in [3.8, 4) is 17.2 Å². The molecule has 4 aromatic heterocycles. The summed E-state index contributed by atoms with van der Waals surface area (Å²) in [6.07, 6.45) is 4.26. The molecule has 1 unspecified atom stereocenters. The highest BCUT2D eigenvalue weighted by Crippen LogP contribution is 2.51. The van der Waals surface area contributed by atoms with Crippen molar-refractivity contribution in [1.29, 1.82) is 0 Å². The first-order valence-corrected chi connectivity index (χ1v) is 16.2. The smallest absolute Gasteiger partial charge is 0.150 e. The van der Waals surface area contributed by atoms with E-state index in [9.17, 15) is 0 Å². The summed E-state index contributed by atoms with van der Waals surface area (Å²) in [7, 11) is 0. The molecule has 0 radical (unpaired) electrons. The standard InChI is InChI=1S/C42H29FN4O/c1-42(2)32-14-5-8-17-35(32)48-36-24-45-41-37(38(36)42)30-13-4-7-16-34(30)47(41)27-11-9-10-25(22-27)39(43)26-18-19-28-29-12-3-6-15-33(29)46-21-20-44-40(46)31(28)23-26/h3-24,39H,1-2H3. The number of ether oxygens (including phenoxy) is 1. The molecule has 9 aromatic rings. The first kappa shape index (κ1) is 27.1. The molecule has 0 bridgehead atoms. The number of hydrogen-bond donors (Lipinski definition) is 0. The number of imidazole rings is 1. The molecule has 1 aliphatic rings. The average Bonchev–Trinajstić information content (AvgIpc) is 3.75. The number of alkyl halides is 1. The molecule has 0 aliphatic carbocycles. The SMILES string of the molecule is CC1(C)c2ccccc2Oc2cnc3c(c21)c1ccccc1n3-c1cccc(C(F)c2ccc3c4ccccc4n4ccnc4c3c2)c1. The zero-order valence-electron chi connectivity index (χ0n) is 26.4. The highest BCUT2D eigenvalue weighted by molar-refractivity contribution is 6.12. The van der Waals surface area contributed by atoms with Gasteiger partial charge in [-0.3, -0.25) is 8.97 Å². The predicted molar refractivity (Wildman–Crippen MR) is 190 cm³/mol. The van der Waals surface area contributed by atoms with Crippen molar-refractivity contribution in [3.63, 3.8) is 0 Å². The number of pyridine rings is 2. The van der Waals surface area contributed by atoms with Gasteiger partial charge < -0.3 is 4.74 Å². The summed E-state index contributed by atoms with van der Waals surface area (Å²) in [6.45, 7) is 4.49. The Morgan fingerprint density at radius 2 is 1.44 bits per heavy atom. The second kappa shape index (κ2) is 9.75. The third kappa shape index (κ3) is 3.65. The molecule has 5 heterocycles. The minimum Gasteiger partial charge on any atom is -0.455 e. The molecule has 0 saturated heterocycles. The van der Waals surface area contributed by atoms with Gasteiger partial charge in [0.25, 0.3) is 0 Å². The van der Waals surface area contributed by atoms with Crippen LogP contribution >= 0.6 is 0 Å². The maximum atomic E-state index is 16.7. The lowest BCUT2D eigenvalue weighted by molar-refractivity contribution is 0.402. The number of fused-ring (bicyclic) bond motifs is 12. The van der Waals surface area contributed by atoms with Crippen molar-refractivity contribution in [1.82, 2.24) is 18.9 Å². The lowest BCUT2D eigenvalue weighted by Crippen LogP contribution is -2.24. The van der Waals surface area contributed by atoms with E-state index in [0.717, 1.165) is 77.6 Å². The van der Waals surface area contributed by atoms with Crippen molar-refractivity contribution in [2.75, 3.05) is 0 Å². The summed E-state index contributed by atoms with van der Waals surface area (Å²) in [4.78, 5) is 9.65. The molecule has 230 valence electrons. The van der Waals surface area contributed by atoms with Gasteiger partial charge in [-0.05, 0) is 52.9 Å². The normalized spacial score (nSPS) is 14.4. The number of rotatable bonds is 3. The number of aromatic nitrogens is 4. The Morgan fingerprint density at radius 3 is 2.33 bits per heavy atom. The highest BCUT2D eigenvalue weighted by Gasteiger charge is 2.37. The van der Waals surface area contributed by atoms with E-state index in [1.807, 2.05) is 85.2 Å². The molecule has 48 heavy (non-hydrogen) atoms. The van der Waals surface area contributed by atoms with Crippen LogP contribution in [-0.4, -0.2) is 18.9 Å². The van der Waals surface area contributed by atoms with Crippen LogP contribution in [-0.2, 0) is 5.41 Å². The summed E-state index contributed by atoms with van der Waals surface area (Å²) in [5, 5.41) is 5.23. The Balaban J connectivity index is 1.14. The van der Waals surface area contributed by atoms with Gasteiger partial charge >= 0.3 is 0 Å². The van der Waals surface area contributed by atoms with Crippen molar-refractivity contribution in [2.45, 2.75) is 25.4 Å². The number of halogens is 1.